The highest BCUT2D eigenvalue weighted by Crippen LogP contribution is 2.54. The third-order valence-electron chi connectivity index (χ3n) is 10.0. The topological polar surface area (TPSA) is 67.9 Å². The summed E-state index contributed by atoms with van der Waals surface area (Å²) in [5, 5.41) is 8.12. The van der Waals surface area contributed by atoms with Crippen LogP contribution in [0.5, 0.6) is 0 Å². The van der Waals surface area contributed by atoms with Crippen LogP contribution in [0.1, 0.15) is 45.2 Å². The first-order valence-corrected chi connectivity index (χ1v) is 17.2. The summed E-state index contributed by atoms with van der Waals surface area (Å²) in [5.41, 5.74) is 5.09. The largest absolute Gasteiger partial charge is 0.377 e. The lowest BCUT2D eigenvalue weighted by atomic mass is 9.74. The fraction of sp³-hybridized carbons (Fsp3) is 0.0909. The Kier molecular flexibility index (Phi) is 8.03. The Morgan fingerprint density at radius 1 is 0.426 bits per heavy atom. The average Bonchev–Trinajstić information content (AvgIpc) is 3.97. The van der Waals surface area contributed by atoms with E-state index in [4.69, 9.17) is 19.7 Å². The minimum Gasteiger partial charge on any atom is -0.377 e. The zero-order chi connectivity index (χ0) is 36.9. The van der Waals surface area contributed by atoms with E-state index in [1.165, 1.54) is 24.3 Å². The molecule has 4 aliphatic heterocycles. The van der Waals surface area contributed by atoms with Crippen LogP contribution in [0.25, 0.3) is 0 Å². The van der Waals surface area contributed by atoms with Gasteiger partial charge in [0.1, 0.15) is 34.7 Å². The second kappa shape index (κ2) is 13.1. The van der Waals surface area contributed by atoms with E-state index in [1.54, 1.807) is 12.4 Å². The molecule has 4 heterocycles. The number of halogens is 4. The summed E-state index contributed by atoms with van der Waals surface area (Å²) < 4.78 is 55.7. The van der Waals surface area contributed by atoms with Crippen LogP contribution in [0.15, 0.2) is 166 Å². The molecule has 6 aromatic rings. The van der Waals surface area contributed by atoms with Crippen LogP contribution in [0.3, 0.4) is 0 Å². The number of para-hydroxylation sites is 2. The molecule has 0 fully saturated rings. The van der Waals surface area contributed by atoms with E-state index in [-0.39, 0.29) is 0 Å². The van der Waals surface area contributed by atoms with Crippen LogP contribution < -0.4 is 0 Å². The number of rotatable bonds is 4. The monoisotopic (exact) mass is 720 g/mol. The summed E-state index contributed by atoms with van der Waals surface area (Å²) in [6.07, 6.45) is 3.18. The minimum atomic E-state index is -1.06. The van der Waals surface area contributed by atoms with Crippen molar-refractivity contribution in [2.24, 2.45) is 20.3 Å². The molecule has 0 saturated carbocycles. The zero-order valence-corrected chi connectivity index (χ0v) is 28.3. The van der Waals surface area contributed by atoms with Crippen molar-refractivity contribution in [1.29, 1.82) is 0 Å². The molecule has 0 N–H and O–H groups in total. The van der Waals surface area contributed by atoms with Gasteiger partial charge in [0, 0.05) is 34.4 Å². The number of hydrogen-bond acceptors (Lipinski definition) is 6. The molecule has 6 nitrogen and oxygen atoms in total. The van der Waals surface area contributed by atoms with Crippen molar-refractivity contribution in [2.75, 3.05) is 0 Å². The lowest BCUT2D eigenvalue weighted by molar-refractivity contribution is 0.0275. The molecule has 0 radical (unpaired) electrons. The quantitative estimate of drug-likeness (QED) is 0.170. The SMILES string of the molecule is Fc1cc(F)cc([C@H]2C=NO[C@]23C(c2ccccc2)=Nc2ccccc23)c1.Fc1cc(F)cc([C@H]2C=NO[C@]23C(c2ccccc2)=Nc2ccccc23)c1. The molecule has 0 aromatic heterocycles. The van der Waals surface area contributed by atoms with Gasteiger partial charge in [-0.15, -0.1) is 0 Å². The third kappa shape index (κ3) is 5.32. The van der Waals surface area contributed by atoms with E-state index in [9.17, 15) is 17.6 Å². The van der Waals surface area contributed by atoms with Crippen molar-refractivity contribution in [3.8, 4) is 0 Å². The van der Waals surface area contributed by atoms with Gasteiger partial charge in [0.25, 0.3) is 0 Å². The number of aliphatic imine (C=N–C) groups is 2. The molecule has 10 heteroatoms. The normalized spacial score (nSPS) is 22.6. The van der Waals surface area contributed by atoms with E-state index < -0.39 is 46.3 Å². The minimum absolute atomic E-state index is 0.453. The van der Waals surface area contributed by atoms with Crippen molar-refractivity contribution in [2.45, 2.75) is 23.0 Å². The summed E-state index contributed by atoms with van der Waals surface area (Å²) in [5.74, 6) is -3.56. The highest BCUT2D eigenvalue weighted by atomic mass is 19.1. The molecule has 0 amide bonds. The van der Waals surface area contributed by atoms with Crippen molar-refractivity contribution in [3.05, 3.63) is 202 Å². The Morgan fingerprint density at radius 3 is 1.17 bits per heavy atom. The molecule has 264 valence electrons. The van der Waals surface area contributed by atoms with Crippen molar-refractivity contribution >= 4 is 35.2 Å². The summed E-state index contributed by atoms with van der Waals surface area (Å²) in [6.45, 7) is 0. The fourth-order valence-corrected chi connectivity index (χ4v) is 7.82. The number of benzene rings is 6. The van der Waals surface area contributed by atoms with E-state index in [1.807, 2.05) is 109 Å². The lowest BCUT2D eigenvalue weighted by Crippen LogP contribution is -2.39. The Hall–Kier alpha value is -6.68. The standard InChI is InChI=1S/2C22H14F2N2O/c2*23-16-10-15(11-17(24)12-16)19-13-25-27-22(19)18-8-4-5-9-20(18)26-21(22)14-6-2-1-3-7-14/h2*1-13,19H/t2*19-,22+/m11/s1. The van der Waals surface area contributed by atoms with E-state index in [0.717, 1.165) is 45.8 Å². The van der Waals surface area contributed by atoms with Gasteiger partial charge < -0.3 is 9.68 Å². The van der Waals surface area contributed by atoms with Crippen LogP contribution in [-0.4, -0.2) is 23.9 Å². The average molecular weight is 721 g/mol. The molecule has 2 spiro atoms. The maximum Gasteiger partial charge on any atom is 0.218 e. The maximum atomic E-state index is 13.9. The Morgan fingerprint density at radius 2 is 0.778 bits per heavy atom. The van der Waals surface area contributed by atoms with Gasteiger partial charge in [-0.3, -0.25) is 0 Å². The summed E-state index contributed by atoms with van der Waals surface area (Å²) in [4.78, 5) is 21.5. The summed E-state index contributed by atoms with van der Waals surface area (Å²) in [7, 11) is 0. The van der Waals surface area contributed by atoms with E-state index in [0.29, 0.717) is 22.6 Å². The van der Waals surface area contributed by atoms with Gasteiger partial charge in [-0.1, -0.05) is 107 Å². The maximum absolute atomic E-state index is 13.9. The van der Waals surface area contributed by atoms with Crippen LogP contribution in [0, 0.1) is 23.3 Å². The molecule has 0 unspecified atom stereocenters. The fourth-order valence-electron chi connectivity index (χ4n) is 7.82. The molecule has 0 saturated heterocycles. The Labute approximate surface area is 307 Å². The number of hydrogen-bond donors (Lipinski definition) is 0. The number of fused-ring (bicyclic) bond motifs is 4. The predicted octanol–water partition coefficient (Wildman–Crippen LogP) is 10.2. The Balaban J connectivity index is 0.000000142. The van der Waals surface area contributed by atoms with Gasteiger partial charge in [0.05, 0.1) is 35.6 Å². The van der Waals surface area contributed by atoms with Gasteiger partial charge in [0.15, 0.2) is 0 Å². The van der Waals surface area contributed by atoms with Gasteiger partial charge in [-0.25, -0.2) is 27.5 Å². The molecular formula is C44H28F4N4O2. The zero-order valence-electron chi connectivity index (χ0n) is 28.3. The van der Waals surface area contributed by atoms with Crippen LogP contribution in [0.2, 0.25) is 0 Å². The second-order valence-corrected chi connectivity index (χ2v) is 13.2. The molecular weight excluding hydrogens is 693 g/mol. The Bertz CT molecular complexity index is 2320. The first kappa shape index (κ1) is 33.2. The summed E-state index contributed by atoms with van der Waals surface area (Å²) >= 11 is 0. The molecule has 10 rings (SSSR count). The highest BCUT2D eigenvalue weighted by Gasteiger charge is 2.57. The van der Waals surface area contributed by atoms with Crippen molar-refractivity contribution in [3.63, 3.8) is 0 Å². The van der Waals surface area contributed by atoms with Crippen LogP contribution in [-0.2, 0) is 20.9 Å². The van der Waals surface area contributed by atoms with Crippen molar-refractivity contribution < 1.29 is 27.2 Å². The summed E-state index contributed by atoms with van der Waals surface area (Å²) in [6, 6.07) is 41.5. The second-order valence-electron chi connectivity index (χ2n) is 13.2. The first-order chi connectivity index (χ1) is 26.4. The van der Waals surface area contributed by atoms with Gasteiger partial charge in [-0.05, 0) is 47.5 Å². The van der Waals surface area contributed by atoms with Gasteiger partial charge >= 0.3 is 0 Å². The highest BCUT2D eigenvalue weighted by molar-refractivity contribution is 6.15. The smallest absolute Gasteiger partial charge is 0.218 e. The number of nitrogens with zero attached hydrogens (tertiary/aromatic N) is 4. The van der Waals surface area contributed by atoms with E-state index >= 15 is 0 Å². The number of oxime groups is 2. The molecule has 0 aliphatic carbocycles. The molecule has 6 aromatic carbocycles. The van der Waals surface area contributed by atoms with Gasteiger partial charge in [0.2, 0.25) is 11.2 Å². The molecule has 4 aliphatic rings. The molecule has 54 heavy (non-hydrogen) atoms. The van der Waals surface area contributed by atoms with Crippen molar-refractivity contribution in [1.82, 2.24) is 0 Å². The van der Waals surface area contributed by atoms with E-state index in [2.05, 4.69) is 10.3 Å². The predicted molar refractivity (Wildman–Crippen MR) is 199 cm³/mol. The molecule has 4 atom stereocenters. The lowest BCUT2D eigenvalue weighted by Gasteiger charge is -2.31. The van der Waals surface area contributed by atoms with Gasteiger partial charge in [-0.2, -0.15) is 0 Å². The van der Waals surface area contributed by atoms with Crippen LogP contribution in [0.4, 0.5) is 28.9 Å². The third-order valence-corrected chi connectivity index (χ3v) is 10.0. The van der Waals surface area contributed by atoms with Crippen LogP contribution >= 0.6 is 0 Å². The first-order valence-electron chi connectivity index (χ1n) is 17.2. The molecule has 0 bridgehead atoms.